The fraction of sp³-hybridized carbons (Fsp3) is 0.300. The Morgan fingerprint density at radius 2 is 1.71 bits per heavy atom. The maximum atomic E-state index is 12.4. The lowest BCUT2D eigenvalue weighted by Crippen LogP contribution is -2.23. The number of halogens is 2. The average molecular weight is 471 g/mol. The van der Waals surface area contributed by atoms with Gasteiger partial charge in [-0.05, 0) is 37.1 Å². The molecule has 0 heterocycles. The Morgan fingerprint density at radius 1 is 1.03 bits per heavy atom. The second kappa shape index (κ2) is 11.4. The van der Waals surface area contributed by atoms with Crippen molar-refractivity contribution in [2.45, 2.75) is 12.8 Å². The van der Waals surface area contributed by atoms with Crippen molar-refractivity contribution >= 4 is 41.0 Å². The number of benzene rings is 2. The predicted octanol–water partition coefficient (Wildman–Crippen LogP) is 5.33. The molecule has 0 aliphatic heterocycles. The van der Waals surface area contributed by atoms with Crippen molar-refractivity contribution in [3.05, 3.63) is 62.1 Å². The number of nitro groups is 1. The quantitative estimate of drug-likeness (QED) is 0.211. The molecule has 0 radical (unpaired) electrons. The highest BCUT2D eigenvalue weighted by Crippen LogP contribution is 2.33. The van der Waals surface area contributed by atoms with Crippen molar-refractivity contribution in [1.82, 2.24) is 4.90 Å². The van der Waals surface area contributed by atoms with Gasteiger partial charge in [-0.1, -0.05) is 23.2 Å². The van der Waals surface area contributed by atoms with E-state index in [0.29, 0.717) is 17.9 Å². The molecule has 0 aliphatic rings. The van der Waals surface area contributed by atoms with E-state index in [1.165, 1.54) is 29.2 Å². The van der Waals surface area contributed by atoms with E-state index >= 15 is 0 Å². The van der Waals surface area contributed by atoms with Crippen LogP contribution < -0.4 is 4.74 Å². The zero-order valence-electron chi connectivity index (χ0n) is 16.8. The van der Waals surface area contributed by atoms with Gasteiger partial charge in [-0.2, -0.15) is 0 Å². The number of carbonyl (C=O) groups is 2. The summed E-state index contributed by atoms with van der Waals surface area (Å²) in [5.74, 6) is -0.437. The molecule has 166 valence electrons. The fourth-order valence-corrected chi connectivity index (χ4v) is 2.77. The van der Waals surface area contributed by atoms with E-state index in [1.807, 2.05) is 0 Å². The lowest BCUT2D eigenvalue weighted by molar-refractivity contribution is -0.385. The van der Waals surface area contributed by atoms with Crippen molar-refractivity contribution in [3.8, 4) is 11.5 Å². The molecule has 0 saturated carbocycles. The van der Waals surface area contributed by atoms with E-state index in [4.69, 9.17) is 37.4 Å². The summed E-state index contributed by atoms with van der Waals surface area (Å²) in [6.45, 7) is 0.170. The topological polar surface area (TPSA) is 108 Å². The first-order chi connectivity index (χ1) is 14.7. The number of nitro benzene ring substituents is 1. The van der Waals surface area contributed by atoms with Gasteiger partial charge in [-0.3, -0.25) is 10.1 Å². The summed E-state index contributed by atoms with van der Waals surface area (Å²) in [6.07, 6.45) is 0.412. The van der Waals surface area contributed by atoms with Crippen molar-refractivity contribution in [3.63, 3.8) is 0 Å². The van der Waals surface area contributed by atoms with Crippen LogP contribution in [0.4, 0.5) is 10.5 Å². The zero-order valence-corrected chi connectivity index (χ0v) is 18.3. The molecule has 0 fully saturated rings. The Hall–Kier alpha value is -3.04. The predicted molar refractivity (Wildman–Crippen MR) is 114 cm³/mol. The number of nitrogens with zero attached hydrogens (tertiary/aromatic N) is 2. The largest absolute Gasteiger partial charge is 0.462 e. The highest BCUT2D eigenvalue weighted by Gasteiger charge is 2.23. The van der Waals surface area contributed by atoms with E-state index in [9.17, 15) is 19.7 Å². The molecule has 9 nitrogen and oxygen atoms in total. The third-order valence-corrected chi connectivity index (χ3v) is 4.40. The van der Waals surface area contributed by atoms with E-state index in [2.05, 4.69) is 0 Å². The molecule has 0 bridgehead atoms. The molecule has 2 rings (SSSR count). The smallest absolute Gasteiger partial charge is 0.409 e. The van der Waals surface area contributed by atoms with Gasteiger partial charge < -0.3 is 19.1 Å². The van der Waals surface area contributed by atoms with Gasteiger partial charge in [-0.25, -0.2) is 9.59 Å². The summed E-state index contributed by atoms with van der Waals surface area (Å²) in [7, 11) is 3.13. The molecule has 0 aliphatic carbocycles. The van der Waals surface area contributed by atoms with E-state index < -0.39 is 22.7 Å². The first-order valence-corrected chi connectivity index (χ1v) is 9.87. The Labute approximate surface area is 188 Å². The first kappa shape index (κ1) is 24.2. The van der Waals surface area contributed by atoms with Crippen LogP contribution in [0.3, 0.4) is 0 Å². The van der Waals surface area contributed by atoms with Crippen LogP contribution in [0.2, 0.25) is 10.0 Å². The zero-order chi connectivity index (χ0) is 23.0. The first-order valence-electron chi connectivity index (χ1n) is 9.11. The normalized spacial score (nSPS) is 10.3. The highest BCUT2D eigenvalue weighted by molar-refractivity contribution is 6.35. The summed E-state index contributed by atoms with van der Waals surface area (Å²) < 4.78 is 15.7. The van der Waals surface area contributed by atoms with E-state index in [1.54, 1.807) is 20.2 Å². The van der Waals surface area contributed by atoms with Crippen LogP contribution in [-0.2, 0) is 9.47 Å². The van der Waals surface area contributed by atoms with Crippen LogP contribution in [0.1, 0.15) is 23.2 Å². The number of amides is 1. The van der Waals surface area contributed by atoms with Crippen LogP contribution in [0.5, 0.6) is 11.5 Å². The minimum atomic E-state index is -0.871. The summed E-state index contributed by atoms with van der Waals surface area (Å²) >= 11 is 11.9. The molecular formula is C20H20Cl2N2O7. The third kappa shape index (κ3) is 7.30. The minimum Gasteiger partial charge on any atom is -0.462 e. The average Bonchev–Trinajstić information content (AvgIpc) is 2.71. The Kier molecular flexibility index (Phi) is 8.89. The second-order valence-electron chi connectivity index (χ2n) is 6.46. The van der Waals surface area contributed by atoms with Gasteiger partial charge in [0.15, 0.2) is 0 Å². The molecule has 0 spiro atoms. The molecular weight excluding hydrogens is 451 g/mol. The lowest BCUT2D eigenvalue weighted by Gasteiger charge is -2.11. The Bertz CT molecular complexity index is 967. The van der Waals surface area contributed by atoms with Crippen molar-refractivity contribution in [2.75, 3.05) is 27.3 Å². The van der Waals surface area contributed by atoms with Crippen LogP contribution in [0.15, 0.2) is 36.4 Å². The standard InChI is InChI=1S/C20H20Cl2N2O7/c1-23(2)20(26)30-10-4-3-9-29-19(25)15-12-14(6-7-17(15)24(27)28)31-18-8-5-13(21)11-16(18)22/h5-8,11-12H,3-4,9-10H2,1-2H3. The number of unbranched alkanes of at least 4 members (excludes halogenated alkanes) is 1. The number of esters is 1. The Morgan fingerprint density at radius 3 is 2.32 bits per heavy atom. The summed E-state index contributed by atoms with van der Waals surface area (Å²) in [4.78, 5) is 35.6. The molecule has 0 aromatic heterocycles. The van der Waals surface area contributed by atoms with Crippen molar-refractivity contribution in [1.29, 1.82) is 0 Å². The van der Waals surface area contributed by atoms with Crippen molar-refractivity contribution < 1.29 is 28.7 Å². The summed E-state index contributed by atoms with van der Waals surface area (Å²) in [5, 5.41) is 11.9. The molecule has 1 amide bonds. The van der Waals surface area contributed by atoms with Crippen LogP contribution >= 0.6 is 23.2 Å². The monoisotopic (exact) mass is 470 g/mol. The number of rotatable bonds is 9. The fourth-order valence-electron chi connectivity index (χ4n) is 2.32. The third-order valence-electron chi connectivity index (χ3n) is 3.87. The summed E-state index contributed by atoms with van der Waals surface area (Å²) in [6, 6.07) is 8.29. The number of ether oxygens (including phenoxy) is 3. The number of hydrogen-bond acceptors (Lipinski definition) is 7. The maximum absolute atomic E-state index is 12.4. The number of hydrogen-bond donors (Lipinski definition) is 0. The lowest BCUT2D eigenvalue weighted by atomic mass is 10.1. The van der Waals surface area contributed by atoms with Crippen LogP contribution in [0.25, 0.3) is 0 Å². The SMILES string of the molecule is CN(C)C(=O)OCCCCOC(=O)c1cc(Oc2ccc(Cl)cc2Cl)ccc1[N+](=O)[O-]. The molecule has 2 aromatic rings. The van der Waals surface area contributed by atoms with Gasteiger partial charge in [0.1, 0.15) is 17.1 Å². The van der Waals surface area contributed by atoms with Crippen LogP contribution in [-0.4, -0.2) is 49.2 Å². The van der Waals surface area contributed by atoms with E-state index in [0.717, 1.165) is 6.07 Å². The van der Waals surface area contributed by atoms with Gasteiger partial charge in [0, 0.05) is 31.3 Å². The maximum Gasteiger partial charge on any atom is 0.409 e. The summed E-state index contributed by atoms with van der Waals surface area (Å²) in [5.41, 5.74) is -0.675. The minimum absolute atomic E-state index is 0.00357. The molecule has 0 unspecified atom stereocenters. The van der Waals surface area contributed by atoms with Gasteiger partial charge >= 0.3 is 12.1 Å². The van der Waals surface area contributed by atoms with Gasteiger partial charge in [0.2, 0.25) is 0 Å². The van der Waals surface area contributed by atoms with Crippen LogP contribution in [0, 0.1) is 10.1 Å². The Balaban J connectivity index is 2.00. The molecule has 0 saturated heterocycles. The molecule has 31 heavy (non-hydrogen) atoms. The molecule has 0 atom stereocenters. The molecule has 0 N–H and O–H groups in total. The molecule has 11 heteroatoms. The number of carbonyl (C=O) groups excluding carboxylic acids is 2. The van der Waals surface area contributed by atoms with E-state index in [-0.39, 0.29) is 35.3 Å². The van der Waals surface area contributed by atoms with Gasteiger partial charge in [0.05, 0.1) is 23.2 Å². The molecule has 2 aromatic carbocycles. The van der Waals surface area contributed by atoms with Crippen molar-refractivity contribution in [2.24, 2.45) is 0 Å². The second-order valence-corrected chi connectivity index (χ2v) is 7.31. The highest BCUT2D eigenvalue weighted by atomic mass is 35.5. The van der Waals surface area contributed by atoms with Gasteiger partial charge in [0.25, 0.3) is 5.69 Å². The van der Waals surface area contributed by atoms with Gasteiger partial charge in [-0.15, -0.1) is 0 Å².